The van der Waals surface area contributed by atoms with Gasteiger partial charge in [0.2, 0.25) is 11.9 Å². The highest BCUT2D eigenvalue weighted by molar-refractivity contribution is 5.37. The quantitative estimate of drug-likeness (QED) is 0.876. The summed E-state index contributed by atoms with van der Waals surface area (Å²) in [6.07, 6.45) is 0.140. The van der Waals surface area contributed by atoms with Crippen LogP contribution in [-0.4, -0.2) is 72.8 Å². The number of ether oxygens (including phenoxy) is 1. The van der Waals surface area contributed by atoms with Crippen molar-refractivity contribution >= 4 is 11.9 Å². The van der Waals surface area contributed by atoms with E-state index in [1.165, 1.54) is 0 Å². The first-order chi connectivity index (χ1) is 10.4. The number of anilines is 2. The molecule has 2 heterocycles. The smallest absolute Gasteiger partial charge is 0.229 e. The van der Waals surface area contributed by atoms with Crippen LogP contribution in [0.1, 0.15) is 32.5 Å². The minimum absolute atomic E-state index is 0.139. The maximum Gasteiger partial charge on any atom is 0.229 e. The molecule has 1 saturated heterocycles. The van der Waals surface area contributed by atoms with Crippen LogP contribution in [0.3, 0.4) is 0 Å². The monoisotopic (exact) mass is 308 g/mol. The van der Waals surface area contributed by atoms with E-state index < -0.39 is 0 Å². The van der Waals surface area contributed by atoms with E-state index in [1.54, 1.807) is 0 Å². The first-order valence-corrected chi connectivity index (χ1v) is 7.86. The van der Waals surface area contributed by atoms with E-state index in [0.717, 1.165) is 25.5 Å². The van der Waals surface area contributed by atoms with Gasteiger partial charge in [0.1, 0.15) is 5.82 Å². The van der Waals surface area contributed by atoms with E-state index in [0.29, 0.717) is 11.9 Å². The van der Waals surface area contributed by atoms with Gasteiger partial charge in [-0.25, -0.2) is 0 Å². The van der Waals surface area contributed by atoms with Gasteiger partial charge in [0, 0.05) is 33.1 Å². The zero-order valence-electron chi connectivity index (χ0n) is 14.5. The standard InChI is InChI=1S/C15H28N6O/c1-10(2)13-17-14(19-15(18-13)20(4)5)16-11(3)12-9-21(6)7-8-22-12/h10-12H,7-9H2,1-6H3,(H,16,17,18,19). The number of rotatable bonds is 5. The van der Waals surface area contributed by atoms with Gasteiger partial charge in [0.05, 0.1) is 18.8 Å². The van der Waals surface area contributed by atoms with Crippen LogP contribution in [0.2, 0.25) is 0 Å². The lowest BCUT2D eigenvalue weighted by Crippen LogP contribution is -2.47. The highest BCUT2D eigenvalue weighted by Gasteiger charge is 2.24. The number of aromatic nitrogens is 3. The molecule has 1 aromatic rings. The van der Waals surface area contributed by atoms with Crippen molar-refractivity contribution in [3.63, 3.8) is 0 Å². The van der Waals surface area contributed by atoms with E-state index in [9.17, 15) is 0 Å². The third-order valence-corrected chi connectivity index (χ3v) is 3.77. The van der Waals surface area contributed by atoms with Crippen molar-refractivity contribution in [1.29, 1.82) is 0 Å². The molecule has 22 heavy (non-hydrogen) atoms. The summed E-state index contributed by atoms with van der Waals surface area (Å²) in [4.78, 5) is 17.7. The van der Waals surface area contributed by atoms with Gasteiger partial charge in [-0.1, -0.05) is 13.8 Å². The van der Waals surface area contributed by atoms with Crippen molar-refractivity contribution in [2.24, 2.45) is 0 Å². The van der Waals surface area contributed by atoms with E-state index in [4.69, 9.17) is 4.74 Å². The average Bonchev–Trinajstić information content (AvgIpc) is 2.46. The van der Waals surface area contributed by atoms with Crippen LogP contribution < -0.4 is 10.2 Å². The molecule has 1 aliphatic rings. The Morgan fingerprint density at radius 3 is 2.55 bits per heavy atom. The Labute approximate surface area is 133 Å². The maximum atomic E-state index is 5.85. The molecule has 0 radical (unpaired) electrons. The fourth-order valence-electron chi connectivity index (χ4n) is 2.31. The maximum absolute atomic E-state index is 5.85. The van der Waals surface area contributed by atoms with Crippen molar-refractivity contribution in [1.82, 2.24) is 19.9 Å². The predicted octanol–water partition coefficient (Wildman–Crippen LogP) is 1.19. The lowest BCUT2D eigenvalue weighted by Gasteiger charge is -2.34. The molecule has 0 saturated carbocycles. The van der Waals surface area contributed by atoms with E-state index >= 15 is 0 Å². The summed E-state index contributed by atoms with van der Waals surface area (Å²) in [5.41, 5.74) is 0. The van der Waals surface area contributed by atoms with E-state index in [2.05, 4.69) is 53.0 Å². The Bertz CT molecular complexity index is 467. The molecule has 124 valence electrons. The van der Waals surface area contributed by atoms with Gasteiger partial charge in [-0.2, -0.15) is 15.0 Å². The van der Waals surface area contributed by atoms with E-state index in [1.807, 2.05) is 19.0 Å². The third kappa shape index (κ3) is 4.27. The Morgan fingerprint density at radius 2 is 1.95 bits per heavy atom. The van der Waals surface area contributed by atoms with Crippen LogP contribution in [0.15, 0.2) is 0 Å². The summed E-state index contributed by atoms with van der Waals surface area (Å²) in [5.74, 6) is 2.35. The molecule has 2 rings (SSSR count). The summed E-state index contributed by atoms with van der Waals surface area (Å²) in [6.45, 7) is 8.94. The van der Waals surface area contributed by atoms with Gasteiger partial charge in [-0.3, -0.25) is 0 Å². The number of nitrogens with zero attached hydrogens (tertiary/aromatic N) is 5. The molecule has 2 atom stereocenters. The van der Waals surface area contributed by atoms with Gasteiger partial charge >= 0.3 is 0 Å². The Morgan fingerprint density at radius 1 is 1.23 bits per heavy atom. The molecule has 1 N–H and O–H groups in total. The van der Waals surface area contributed by atoms with E-state index in [-0.39, 0.29) is 18.1 Å². The molecule has 0 bridgehead atoms. The summed E-state index contributed by atoms with van der Waals surface area (Å²) in [7, 11) is 5.99. The third-order valence-electron chi connectivity index (χ3n) is 3.77. The Kier molecular flexibility index (Phi) is 5.52. The minimum Gasteiger partial charge on any atom is -0.373 e. The lowest BCUT2D eigenvalue weighted by atomic mass is 10.1. The number of hydrogen-bond donors (Lipinski definition) is 1. The normalized spacial score (nSPS) is 21.0. The molecular formula is C15H28N6O. The molecule has 0 amide bonds. The summed E-state index contributed by atoms with van der Waals surface area (Å²) < 4.78 is 5.85. The lowest BCUT2D eigenvalue weighted by molar-refractivity contribution is -0.0260. The number of nitrogens with one attached hydrogen (secondary N) is 1. The summed E-state index contributed by atoms with van der Waals surface area (Å²) in [5, 5.41) is 3.38. The SMILES string of the molecule is CC(C)c1nc(NC(C)C2CN(C)CCO2)nc(N(C)C)n1. The van der Waals surface area contributed by atoms with Gasteiger partial charge in [-0.15, -0.1) is 0 Å². The van der Waals surface area contributed by atoms with Gasteiger partial charge in [0.15, 0.2) is 0 Å². The van der Waals surface area contributed by atoms with Gasteiger partial charge in [-0.05, 0) is 14.0 Å². The zero-order valence-corrected chi connectivity index (χ0v) is 14.5. The molecule has 0 aliphatic carbocycles. The number of likely N-dealkylation sites (N-methyl/N-ethyl adjacent to an activating group) is 1. The van der Waals surface area contributed by atoms with Crippen LogP contribution in [0.4, 0.5) is 11.9 Å². The molecule has 1 aromatic heterocycles. The highest BCUT2D eigenvalue weighted by Crippen LogP contribution is 2.17. The highest BCUT2D eigenvalue weighted by atomic mass is 16.5. The van der Waals surface area contributed by atoms with Crippen LogP contribution >= 0.6 is 0 Å². The molecular weight excluding hydrogens is 280 g/mol. The van der Waals surface area contributed by atoms with Crippen LogP contribution in [0, 0.1) is 0 Å². The molecule has 7 heteroatoms. The van der Waals surface area contributed by atoms with Gasteiger partial charge < -0.3 is 19.9 Å². The second-order valence-electron chi connectivity index (χ2n) is 6.47. The Hall–Kier alpha value is -1.47. The minimum atomic E-state index is 0.139. The van der Waals surface area contributed by atoms with Crippen molar-refractivity contribution < 1.29 is 4.74 Å². The average molecular weight is 308 g/mol. The molecule has 0 spiro atoms. The Balaban J connectivity index is 2.13. The molecule has 0 aromatic carbocycles. The van der Waals surface area contributed by atoms with Crippen molar-refractivity contribution in [3.8, 4) is 0 Å². The fraction of sp³-hybridized carbons (Fsp3) is 0.800. The van der Waals surface area contributed by atoms with Crippen molar-refractivity contribution in [3.05, 3.63) is 5.82 Å². The molecule has 1 aliphatic heterocycles. The fourth-order valence-corrected chi connectivity index (χ4v) is 2.31. The summed E-state index contributed by atoms with van der Waals surface area (Å²) >= 11 is 0. The molecule has 1 fully saturated rings. The van der Waals surface area contributed by atoms with Crippen molar-refractivity contribution in [2.75, 3.05) is 51.1 Å². The first kappa shape index (κ1) is 16.9. The second kappa shape index (κ2) is 7.19. The molecule has 7 nitrogen and oxygen atoms in total. The van der Waals surface area contributed by atoms with Crippen LogP contribution in [0.25, 0.3) is 0 Å². The second-order valence-corrected chi connectivity index (χ2v) is 6.47. The first-order valence-electron chi connectivity index (χ1n) is 7.86. The zero-order chi connectivity index (χ0) is 16.3. The number of hydrogen-bond acceptors (Lipinski definition) is 7. The predicted molar refractivity (Wildman–Crippen MR) is 88.6 cm³/mol. The topological polar surface area (TPSA) is 66.4 Å². The number of morpholine rings is 1. The van der Waals surface area contributed by atoms with Crippen molar-refractivity contribution in [2.45, 2.75) is 38.8 Å². The van der Waals surface area contributed by atoms with Crippen LogP contribution in [0.5, 0.6) is 0 Å². The molecule has 2 unspecified atom stereocenters. The van der Waals surface area contributed by atoms with Gasteiger partial charge in [0.25, 0.3) is 0 Å². The van der Waals surface area contributed by atoms with Crippen LogP contribution in [-0.2, 0) is 4.74 Å². The summed E-state index contributed by atoms with van der Waals surface area (Å²) in [6, 6.07) is 0.139. The largest absolute Gasteiger partial charge is 0.373 e.